The first-order valence-electron chi connectivity index (χ1n) is 2.75. The standard InChI is InChI=1S/C4H9NO3S/c5-9(6,7)8-3-4-1-2-4/h4H,1-3H2,(H2,5,6,7). The van der Waals surface area contributed by atoms with Crippen LogP contribution in [0.4, 0.5) is 0 Å². The van der Waals surface area contributed by atoms with Gasteiger partial charge in [-0.15, -0.1) is 0 Å². The molecule has 0 aromatic heterocycles. The van der Waals surface area contributed by atoms with E-state index in [1.54, 1.807) is 0 Å². The monoisotopic (exact) mass is 151 g/mol. The maximum atomic E-state index is 10.1. The zero-order chi connectivity index (χ0) is 6.91. The summed E-state index contributed by atoms with van der Waals surface area (Å²) < 4.78 is 24.5. The Morgan fingerprint density at radius 3 is 2.44 bits per heavy atom. The summed E-state index contributed by atoms with van der Waals surface area (Å²) in [5.74, 6) is 0.434. The zero-order valence-electron chi connectivity index (χ0n) is 4.91. The fourth-order valence-corrected chi connectivity index (χ4v) is 0.858. The molecule has 1 aliphatic rings. The molecule has 0 spiro atoms. The van der Waals surface area contributed by atoms with Crippen molar-refractivity contribution < 1.29 is 12.6 Å². The predicted molar refractivity (Wildman–Crippen MR) is 31.8 cm³/mol. The average molecular weight is 151 g/mol. The van der Waals surface area contributed by atoms with E-state index in [0.29, 0.717) is 5.92 Å². The summed E-state index contributed by atoms with van der Waals surface area (Å²) in [5, 5.41) is 4.56. The summed E-state index contributed by atoms with van der Waals surface area (Å²) in [6.45, 7) is 0.263. The molecule has 54 valence electrons. The molecule has 0 unspecified atom stereocenters. The fraction of sp³-hybridized carbons (Fsp3) is 1.00. The van der Waals surface area contributed by atoms with Crippen LogP contribution in [0.15, 0.2) is 0 Å². The summed E-state index contributed by atoms with van der Waals surface area (Å²) in [4.78, 5) is 0. The molecule has 0 aromatic rings. The van der Waals surface area contributed by atoms with Crippen LogP contribution in [0.3, 0.4) is 0 Å². The van der Waals surface area contributed by atoms with Crippen LogP contribution in [0.1, 0.15) is 12.8 Å². The van der Waals surface area contributed by atoms with Gasteiger partial charge >= 0.3 is 10.3 Å². The summed E-state index contributed by atoms with van der Waals surface area (Å²) >= 11 is 0. The molecular weight excluding hydrogens is 142 g/mol. The molecule has 9 heavy (non-hydrogen) atoms. The van der Waals surface area contributed by atoms with E-state index in [9.17, 15) is 8.42 Å². The molecule has 0 bridgehead atoms. The van der Waals surface area contributed by atoms with Crippen molar-refractivity contribution in [2.24, 2.45) is 11.1 Å². The minimum Gasteiger partial charge on any atom is -0.258 e. The van der Waals surface area contributed by atoms with Crippen LogP contribution < -0.4 is 5.14 Å². The number of nitrogens with two attached hydrogens (primary N) is 1. The molecule has 0 atom stereocenters. The lowest BCUT2D eigenvalue weighted by Gasteiger charge is -1.95. The second-order valence-corrected chi connectivity index (χ2v) is 3.44. The van der Waals surface area contributed by atoms with E-state index in [1.165, 1.54) is 0 Å². The van der Waals surface area contributed by atoms with Gasteiger partial charge in [-0.1, -0.05) is 0 Å². The molecule has 0 aliphatic heterocycles. The second-order valence-electron chi connectivity index (χ2n) is 2.22. The quantitative estimate of drug-likeness (QED) is 0.597. The van der Waals surface area contributed by atoms with Crippen molar-refractivity contribution in [3.63, 3.8) is 0 Å². The molecule has 0 amide bonds. The Bertz CT molecular complexity index is 182. The first kappa shape index (κ1) is 6.98. The van der Waals surface area contributed by atoms with Crippen LogP contribution in [-0.2, 0) is 14.5 Å². The van der Waals surface area contributed by atoms with Crippen molar-refractivity contribution in [1.29, 1.82) is 0 Å². The maximum absolute atomic E-state index is 10.1. The van der Waals surface area contributed by atoms with E-state index in [0.717, 1.165) is 12.8 Å². The average Bonchev–Trinajstić information content (AvgIpc) is 2.38. The SMILES string of the molecule is NS(=O)(=O)OCC1CC1. The van der Waals surface area contributed by atoms with Crippen molar-refractivity contribution in [2.75, 3.05) is 6.61 Å². The molecular formula is C4H9NO3S. The highest BCUT2D eigenvalue weighted by molar-refractivity contribution is 7.84. The van der Waals surface area contributed by atoms with Crippen LogP contribution in [-0.4, -0.2) is 15.0 Å². The van der Waals surface area contributed by atoms with Gasteiger partial charge in [0.2, 0.25) is 0 Å². The first-order valence-corrected chi connectivity index (χ1v) is 4.22. The Labute approximate surface area is 54.3 Å². The molecule has 4 nitrogen and oxygen atoms in total. The van der Waals surface area contributed by atoms with E-state index in [1.807, 2.05) is 0 Å². The van der Waals surface area contributed by atoms with Crippen molar-refractivity contribution >= 4 is 10.3 Å². The Morgan fingerprint density at radius 2 is 2.11 bits per heavy atom. The van der Waals surface area contributed by atoms with E-state index >= 15 is 0 Å². The zero-order valence-corrected chi connectivity index (χ0v) is 5.73. The Hall–Kier alpha value is -0.130. The number of hydrogen-bond donors (Lipinski definition) is 1. The molecule has 1 rings (SSSR count). The van der Waals surface area contributed by atoms with Gasteiger partial charge in [0.15, 0.2) is 0 Å². The van der Waals surface area contributed by atoms with Crippen LogP contribution in [0.25, 0.3) is 0 Å². The third-order valence-electron chi connectivity index (χ3n) is 1.16. The molecule has 2 N–H and O–H groups in total. The van der Waals surface area contributed by atoms with Crippen LogP contribution in [0, 0.1) is 5.92 Å². The molecule has 5 heteroatoms. The summed E-state index contributed by atoms with van der Waals surface area (Å²) in [6.07, 6.45) is 2.13. The van der Waals surface area contributed by atoms with Gasteiger partial charge in [0.05, 0.1) is 6.61 Å². The van der Waals surface area contributed by atoms with Crippen molar-refractivity contribution in [2.45, 2.75) is 12.8 Å². The van der Waals surface area contributed by atoms with Gasteiger partial charge in [0, 0.05) is 0 Å². The lowest BCUT2D eigenvalue weighted by atomic mass is 10.5. The Kier molecular flexibility index (Phi) is 1.74. The molecule has 0 aromatic carbocycles. The van der Waals surface area contributed by atoms with Crippen molar-refractivity contribution in [1.82, 2.24) is 0 Å². The van der Waals surface area contributed by atoms with E-state index in [4.69, 9.17) is 0 Å². The van der Waals surface area contributed by atoms with Crippen molar-refractivity contribution in [3.05, 3.63) is 0 Å². The molecule has 0 saturated heterocycles. The lowest BCUT2D eigenvalue weighted by molar-refractivity contribution is 0.302. The third kappa shape index (κ3) is 3.45. The largest absolute Gasteiger partial charge is 0.333 e. The normalized spacial score (nSPS) is 20.1. The first-order chi connectivity index (χ1) is 4.08. The molecule has 0 heterocycles. The van der Waals surface area contributed by atoms with Crippen molar-refractivity contribution in [3.8, 4) is 0 Å². The number of rotatable bonds is 3. The molecule has 1 fully saturated rings. The summed E-state index contributed by atoms with van der Waals surface area (Å²) in [7, 11) is -3.68. The van der Waals surface area contributed by atoms with Crippen LogP contribution in [0.2, 0.25) is 0 Å². The second kappa shape index (κ2) is 2.24. The highest BCUT2D eigenvalue weighted by atomic mass is 32.2. The van der Waals surface area contributed by atoms with Crippen LogP contribution in [0.5, 0.6) is 0 Å². The maximum Gasteiger partial charge on any atom is 0.333 e. The van der Waals surface area contributed by atoms with Gasteiger partial charge in [-0.3, -0.25) is 4.18 Å². The van der Waals surface area contributed by atoms with E-state index < -0.39 is 10.3 Å². The highest BCUT2D eigenvalue weighted by Gasteiger charge is 2.23. The fourth-order valence-electron chi connectivity index (χ4n) is 0.476. The molecule has 0 radical (unpaired) electrons. The number of hydrogen-bond acceptors (Lipinski definition) is 3. The lowest BCUT2D eigenvalue weighted by Crippen LogP contribution is -2.16. The van der Waals surface area contributed by atoms with Gasteiger partial charge in [0.1, 0.15) is 0 Å². The van der Waals surface area contributed by atoms with Gasteiger partial charge in [-0.2, -0.15) is 8.42 Å². The topological polar surface area (TPSA) is 69.4 Å². The molecule has 1 aliphatic carbocycles. The van der Waals surface area contributed by atoms with E-state index in [2.05, 4.69) is 9.32 Å². The van der Waals surface area contributed by atoms with Crippen LogP contribution >= 0.6 is 0 Å². The summed E-state index contributed by atoms with van der Waals surface area (Å²) in [6, 6.07) is 0. The van der Waals surface area contributed by atoms with E-state index in [-0.39, 0.29) is 6.61 Å². The van der Waals surface area contributed by atoms with Gasteiger partial charge < -0.3 is 0 Å². The smallest absolute Gasteiger partial charge is 0.258 e. The Morgan fingerprint density at radius 1 is 1.56 bits per heavy atom. The summed E-state index contributed by atoms with van der Waals surface area (Å²) in [5.41, 5.74) is 0. The highest BCUT2D eigenvalue weighted by Crippen LogP contribution is 2.28. The minimum absolute atomic E-state index is 0.263. The van der Waals surface area contributed by atoms with Gasteiger partial charge in [-0.05, 0) is 18.8 Å². The Balaban J connectivity index is 2.18. The minimum atomic E-state index is -3.68. The van der Waals surface area contributed by atoms with Gasteiger partial charge in [-0.25, -0.2) is 5.14 Å². The predicted octanol–water partition coefficient (Wildman–Crippen LogP) is -0.383. The van der Waals surface area contributed by atoms with Gasteiger partial charge in [0.25, 0.3) is 0 Å². The molecule has 1 saturated carbocycles. The third-order valence-corrected chi connectivity index (χ3v) is 1.63.